The summed E-state index contributed by atoms with van der Waals surface area (Å²) < 4.78 is 23.8. The van der Waals surface area contributed by atoms with Gasteiger partial charge in [-0.1, -0.05) is 32.6 Å². The van der Waals surface area contributed by atoms with E-state index < -0.39 is 9.84 Å². The zero-order chi connectivity index (χ0) is 13.7. The molecule has 112 valence electrons. The van der Waals surface area contributed by atoms with E-state index in [1.165, 1.54) is 38.5 Å². The first-order valence-electron chi connectivity index (χ1n) is 8.04. The Morgan fingerprint density at radius 1 is 1.11 bits per heavy atom. The molecule has 0 aromatic heterocycles. The van der Waals surface area contributed by atoms with Crippen molar-refractivity contribution in [1.29, 1.82) is 0 Å². The van der Waals surface area contributed by atoms with E-state index in [0.29, 0.717) is 17.4 Å². The molecule has 2 saturated carbocycles. The van der Waals surface area contributed by atoms with Crippen LogP contribution in [0.5, 0.6) is 0 Å². The van der Waals surface area contributed by atoms with Gasteiger partial charge in [0.15, 0.2) is 0 Å². The largest absolute Gasteiger partial charge is 0.314 e. The second-order valence-corrected chi connectivity index (χ2v) is 8.73. The van der Waals surface area contributed by atoms with Crippen molar-refractivity contribution in [2.45, 2.75) is 64.3 Å². The Labute approximate surface area is 118 Å². The molecule has 0 saturated heterocycles. The summed E-state index contributed by atoms with van der Waals surface area (Å²) in [5.74, 6) is 2.10. The molecule has 19 heavy (non-hydrogen) atoms. The van der Waals surface area contributed by atoms with Crippen LogP contribution in [0.3, 0.4) is 0 Å². The number of hydrogen-bond acceptors (Lipinski definition) is 3. The Hall–Kier alpha value is -0.0900. The number of rotatable bonds is 9. The molecule has 0 amide bonds. The van der Waals surface area contributed by atoms with E-state index in [2.05, 4.69) is 5.32 Å². The third-order valence-electron chi connectivity index (χ3n) is 4.63. The molecular weight excluding hydrogens is 258 g/mol. The molecule has 2 aliphatic carbocycles. The highest BCUT2D eigenvalue weighted by molar-refractivity contribution is 7.91. The van der Waals surface area contributed by atoms with Gasteiger partial charge in [-0.2, -0.15) is 0 Å². The zero-order valence-corrected chi connectivity index (χ0v) is 13.1. The maximum atomic E-state index is 11.9. The maximum Gasteiger partial charge on any atom is 0.150 e. The van der Waals surface area contributed by atoms with Crippen LogP contribution in [0.1, 0.15) is 58.3 Å². The van der Waals surface area contributed by atoms with E-state index in [4.69, 9.17) is 0 Å². The van der Waals surface area contributed by atoms with E-state index in [-0.39, 0.29) is 0 Å². The molecule has 0 aliphatic heterocycles. The third kappa shape index (κ3) is 5.42. The SMILES string of the molecule is CCCS(=O)(=O)CCC(CNC1CC1)C1CCCC1. The van der Waals surface area contributed by atoms with Crippen molar-refractivity contribution in [3.05, 3.63) is 0 Å². The first-order valence-corrected chi connectivity index (χ1v) is 9.86. The first-order chi connectivity index (χ1) is 9.11. The van der Waals surface area contributed by atoms with Crippen LogP contribution in [-0.4, -0.2) is 32.5 Å². The summed E-state index contributed by atoms with van der Waals surface area (Å²) in [6.45, 7) is 2.98. The highest BCUT2D eigenvalue weighted by atomic mass is 32.2. The van der Waals surface area contributed by atoms with Crippen LogP contribution in [0.2, 0.25) is 0 Å². The summed E-state index contributed by atoms with van der Waals surface area (Å²) in [7, 11) is -2.81. The molecule has 0 bridgehead atoms. The van der Waals surface area contributed by atoms with Crippen molar-refractivity contribution in [3.63, 3.8) is 0 Å². The van der Waals surface area contributed by atoms with E-state index in [0.717, 1.165) is 31.3 Å². The van der Waals surface area contributed by atoms with E-state index in [9.17, 15) is 8.42 Å². The first kappa shape index (κ1) is 15.3. The average molecular weight is 287 g/mol. The van der Waals surface area contributed by atoms with Crippen molar-refractivity contribution >= 4 is 9.84 Å². The van der Waals surface area contributed by atoms with E-state index in [1.807, 2.05) is 6.92 Å². The lowest BCUT2D eigenvalue weighted by atomic mass is 9.88. The lowest BCUT2D eigenvalue weighted by Gasteiger charge is -2.24. The Bertz CT molecular complexity index is 356. The average Bonchev–Trinajstić information content (AvgIpc) is 3.02. The second kappa shape index (κ2) is 7.07. The molecule has 2 rings (SSSR count). The van der Waals surface area contributed by atoms with Crippen molar-refractivity contribution in [2.75, 3.05) is 18.1 Å². The topological polar surface area (TPSA) is 46.2 Å². The third-order valence-corrected chi connectivity index (χ3v) is 6.52. The van der Waals surface area contributed by atoms with Crippen molar-refractivity contribution in [3.8, 4) is 0 Å². The molecule has 2 fully saturated rings. The fraction of sp³-hybridized carbons (Fsp3) is 1.00. The molecule has 4 heteroatoms. The molecule has 0 aromatic carbocycles. The summed E-state index contributed by atoms with van der Waals surface area (Å²) >= 11 is 0. The minimum absolute atomic E-state index is 0.362. The van der Waals surface area contributed by atoms with Gasteiger partial charge in [0.2, 0.25) is 0 Å². The minimum Gasteiger partial charge on any atom is -0.314 e. The standard InChI is InChI=1S/C15H29NO2S/c1-2-10-19(17,18)11-9-14(12-16-15-7-8-15)13-5-3-4-6-13/h13-16H,2-12H2,1H3. The van der Waals surface area contributed by atoms with E-state index >= 15 is 0 Å². The Morgan fingerprint density at radius 2 is 1.79 bits per heavy atom. The molecule has 0 radical (unpaired) electrons. The monoisotopic (exact) mass is 287 g/mol. The molecule has 0 heterocycles. The van der Waals surface area contributed by atoms with Crippen LogP contribution < -0.4 is 5.32 Å². The maximum absolute atomic E-state index is 11.9. The van der Waals surface area contributed by atoms with Gasteiger partial charge in [-0.3, -0.25) is 0 Å². The number of nitrogens with one attached hydrogen (secondary N) is 1. The summed E-state index contributed by atoms with van der Waals surface area (Å²) in [4.78, 5) is 0. The smallest absolute Gasteiger partial charge is 0.150 e. The second-order valence-electron chi connectivity index (χ2n) is 6.43. The van der Waals surface area contributed by atoms with Gasteiger partial charge in [0, 0.05) is 11.8 Å². The molecule has 1 atom stereocenters. The van der Waals surface area contributed by atoms with Gasteiger partial charge >= 0.3 is 0 Å². The van der Waals surface area contributed by atoms with Gasteiger partial charge in [0.1, 0.15) is 9.84 Å². The van der Waals surface area contributed by atoms with Crippen molar-refractivity contribution in [1.82, 2.24) is 5.32 Å². The van der Waals surface area contributed by atoms with Gasteiger partial charge in [0.05, 0.1) is 5.75 Å². The summed E-state index contributed by atoms with van der Waals surface area (Å²) in [6.07, 6.45) is 9.54. The molecule has 3 nitrogen and oxygen atoms in total. The number of hydrogen-bond donors (Lipinski definition) is 1. The van der Waals surface area contributed by atoms with Crippen LogP contribution >= 0.6 is 0 Å². The summed E-state index contributed by atoms with van der Waals surface area (Å²) in [5, 5.41) is 3.61. The Balaban J connectivity index is 1.81. The fourth-order valence-electron chi connectivity index (χ4n) is 3.28. The van der Waals surface area contributed by atoms with Gasteiger partial charge < -0.3 is 5.32 Å². The van der Waals surface area contributed by atoms with E-state index in [1.54, 1.807) is 0 Å². The lowest BCUT2D eigenvalue weighted by molar-refractivity contribution is 0.314. The van der Waals surface area contributed by atoms with Crippen LogP contribution in [0.15, 0.2) is 0 Å². The predicted molar refractivity (Wildman–Crippen MR) is 80.0 cm³/mol. The quantitative estimate of drug-likeness (QED) is 0.709. The van der Waals surface area contributed by atoms with Crippen molar-refractivity contribution < 1.29 is 8.42 Å². The highest BCUT2D eigenvalue weighted by Crippen LogP contribution is 2.33. The molecule has 2 aliphatic rings. The van der Waals surface area contributed by atoms with Gasteiger partial charge in [-0.05, 0) is 44.1 Å². The Kier molecular flexibility index (Phi) is 5.70. The van der Waals surface area contributed by atoms with Crippen LogP contribution in [0.25, 0.3) is 0 Å². The zero-order valence-electron chi connectivity index (χ0n) is 12.2. The molecule has 1 unspecified atom stereocenters. The molecule has 1 N–H and O–H groups in total. The summed E-state index contributed by atoms with van der Waals surface area (Å²) in [5.41, 5.74) is 0. The molecule has 0 aromatic rings. The van der Waals surface area contributed by atoms with Gasteiger partial charge in [-0.15, -0.1) is 0 Å². The molecular formula is C15H29NO2S. The summed E-state index contributed by atoms with van der Waals surface area (Å²) in [6, 6.07) is 0.733. The van der Waals surface area contributed by atoms with Gasteiger partial charge in [-0.25, -0.2) is 8.42 Å². The van der Waals surface area contributed by atoms with Crippen molar-refractivity contribution in [2.24, 2.45) is 11.8 Å². The molecule has 0 spiro atoms. The highest BCUT2D eigenvalue weighted by Gasteiger charge is 2.28. The van der Waals surface area contributed by atoms with Crippen LogP contribution in [0, 0.1) is 11.8 Å². The number of sulfone groups is 1. The lowest BCUT2D eigenvalue weighted by Crippen LogP contribution is -2.30. The van der Waals surface area contributed by atoms with Gasteiger partial charge in [0.25, 0.3) is 0 Å². The Morgan fingerprint density at radius 3 is 2.37 bits per heavy atom. The minimum atomic E-state index is -2.81. The fourth-order valence-corrected chi connectivity index (χ4v) is 4.77. The predicted octanol–water partition coefficient (Wildman–Crippen LogP) is 2.76. The normalized spacial score (nSPS) is 22.8. The van der Waals surface area contributed by atoms with Crippen LogP contribution in [-0.2, 0) is 9.84 Å². The van der Waals surface area contributed by atoms with Crippen LogP contribution in [0.4, 0.5) is 0 Å².